The van der Waals surface area contributed by atoms with Crippen molar-refractivity contribution in [2.75, 3.05) is 5.32 Å². The lowest BCUT2D eigenvalue weighted by Gasteiger charge is -2.02. The van der Waals surface area contributed by atoms with E-state index < -0.39 is 0 Å². The number of nitrogens with one attached hydrogen (secondary N) is 1. The molecule has 3 N–H and O–H groups in total. The number of thiocarbonyl (C=S) groups is 1. The Morgan fingerprint density at radius 2 is 2.27 bits per heavy atom. The quantitative estimate of drug-likeness (QED) is 0.609. The minimum atomic E-state index is 0.298. The van der Waals surface area contributed by atoms with E-state index >= 15 is 0 Å². The van der Waals surface area contributed by atoms with E-state index in [-0.39, 0.29) is 0 Å². The smallest absolute Gasteiger partial charge is 0.168 e. The molecule has 0 atom stereocenters. The normalized spacial score (nSPS) is 9.18. The molecule has 0 saturated carbocycles. The molecule has 58 valence electrons. The monoisotopic (exact) mass is 278 g/mol. The summed E-state index contributed by atoms with van der Waals surface area (Å²) in [6.45, 7) is 0. The second-order valence-electron chi connectivity index (χ2n) is 2.00. The van der Waals surface area contributed by atoms with Crippen LogP contribution in [0.1, 0.15) is 0 Å². The summed E-state index contributed by atoms with van der Waals surface area (Å²) < 4.78 is 1.16. The molecule has 0 unspecified atom stereocenters. The molecule has 1 aromatic carbocycles. The molecule has 0 bridgehead atoms. The van der Waals surface area contributed by atoms with Crippen LogP contribution in [-0.4, -0.2) is 5.11 Å². The number of halogens is 1. The third-order valence-corrected chi connectivity index (χ3v) is 1.87. The van der Waals surface area contributed by atoms with Crippen molar-refractivity contribution in [2.45, 2.75) is 0 Å². The summed E-state index contributed by atoms with van der Waals surface area (Å²) in [7, 11) is 0. The van der Waals surface area contributed by atoms with Crippen molar-refractivity contribution in [3.63, 3.8) is 0 Å². The molecule has 0 heterocycles. The summed E-state index contributed by atoms with van der Waals surface area (Å²) in [5.41, 5.74) is 6.23. The average Bonchev–Trinajstić information content (AvgIpc) is 1.85. The predicted octanol–water partition coefficient (Wildman–Crippen LogP) is 1.95. The lowest BCUT2D eigenvalue weighted by Crippen LogP contribution is -2.18. The van der Waals surface area contributed by atoms with E-state index in [9.17, 15) is 0 Å². The van der Waals surface area contributed by atoms with Crippen molar-refractivity contribution in [2.24, 2.45) is 5.73 Å². The molecule has 0 radical (unpaired) electrons. The lowest BCUT2D eigenvalue weighted by molar-refractivity contribution is 1.58. The van der Waals surface area contributed by atoms with Crippen LogP contribution in [-0.2, 0) is 0 Å². The van der Waals surface area contributed by atoms with E-state index in [1.54, 1.807) is 0 Å². The van der Waals surface area contributed by atoms with Gasteiger partial charge in [0, 0.05) is 9.26 Å². The minimum absolute atomic E-state index is 0.298. The summed E-state index contributed by atoms with van der Waals surface area (Å²) in [6.07, 6.45) is 0. The molecule has 0 aliphatic heterocycles. The van der Waals surface area contributed by atoms with Gasteiger partial charge in [-0.25, -0.2) is 0 Å². The van der Waals surface area contributed by atoms with Crippen LogP contribution in [0.4, 0.5) is 5.69 Å². The maximum Gasteiger partial charge on any atom is 0.168 e. The van der Waals surface area contributed by atoms with E-state index in [0.29, 0.717) is 5.11 Å². The van der Waals surface area contributed by atoms with Crippen molar-refractivity contribution >= 4 is 45.6 Å². The lowest BCUT2D eigenvalue weighted by atomic mass is 10.3. The van der Waals surface area contributed by atoms with Crippen molar-refractivity contribution in [1.29, 1.82) is 0 Å². The fraction of sp³-hybridized carbons (Fsp3) is 0. The van der Waals surface area contributed by atoms with E-state index in [1.807, 2.05) is 24.3 Å². The van der Waals surface area contributed by atoms with Gasteiger partial charge in [0.1, 0.15) is 0 Å². The van der Waals surface area contributed by atoms with Crippen molar-refractivity contribution in [3.8, 4) is 0 Å². The van der Waals surface area contributed by atoms with Crippen molar-refractivity contribution in [1.82, 2.24) is 0 Å². The van der Waals surface area contributed by atoms with E-state index in [4.69, 9.17) is 5.73 Å². The highest BCUT2D eigenvalue weighted by molar-refractivity contribution is 14.1. The Morgan fingerprint density at radius 3 is 2.82 bits per heavy atom. The van der Waals surface area contributed by atoms with Crippen molar-refractivity contribution in [3.05, 3.63) is 27.8 Å². The Labute approximate surface area is 84.3 Å². The predicted molar refractivity (Wildman–Crippen MR) is 59.6 cm³/mol. The Morgan fingerprint density at radius 1 is 1.55 bits per heavy atom. The van der Waals surface area contributed by atoms with Gasteiger partial charge in [0.05, 0.1) is 0 Å². The second-order valence-corrected chi connectivity index (χ2v) is 3.69. The van der Waals surface area contributed by atoms with Gasteiger partial charge >= 0.3 is 0 Å². The summed E-state index contributed by atoms with van der Waals surface area (Å²) in [6, 6.07) is 7.84. The first-order chi connectivity index (χ1) is 5.18. The molecule has 0 fully saturated rings. The second kappa shape index (κ2) is 3.87. The van der Waals surface area contributed by atoms with Gasteiger partial charge in [-0.15, -0.1) is 0 Å². The van der Waals surface area contributed by atoms with Crippen LogP contribution < -0.4 is 11.1 Å². The van der Waals surface area contributed by atoms with Crippen LogP contribution in [0.25, 0.3) is 0 Å². The molecule has 1 rings (SSSR count). The first kappa shape index (κ1) is 8.73. The van der Waals surface area contributed by atoms with Gasteiger partial charge in [0.15, 0.2) is 5.11 Å². The molecule has 0 aliphatic rings. The highest BCUT2D eigenvalue weighted by atomic mass is 127. The van der Waals surface area contributed by atoms with Crippen LogP contribution in [0.15, 0.2) is 24.3 Å². The molecule has 4 heteroatoms. The highest BCUT2D eigenvalue weighted by Crippen LogP contribution is 2.11. The number of benzene rings is 1. The van der Waals surface area contributed by atoms with Crippen LogP contribution in [0.5, 0.6) is 0 Å². The number of anilines is 1. The molecule has 0 saturated heterocycles. The summed E-state index contributed by atoms with van der Waals surface area (Å²) in [5, 5.41) is 3.15. The zero-order valence-electron chi connectivity index (χ0n) is 5.67. The van der Waals surface area contributed by atoms with Crippen LogP contribution >= 0.6 is 34.8 Å². The Hall–Kier alpha value is -0.360. The van der Waals surface area contributed by atoms with Gasteiger partial charge in [-0.3, -0.25) is 0 Å². The summed E-state index contributed by atoms with van der Waals surface area (Å²) in [5.74, 6) is 0. The molecule has 2 nitrogen and oxygen atoms in total. The Kier molecular flexibility index (Phi) is 3.07. The fourth-order valence-electron chi connectivity index (χ4n) is 0.708. The number of nitrogens with two attached hydrogens (primary N) is 1. The minimum Gasteiger partial charge on any atom is -0.376 e. The third-order valence-electron chi connectivity index (χ3n) is 1.09. The third kappa shape index (κ3) is 3.02. The highest BCUT2D eigenvalue weighted by Gasteiger charge is 1.92. The van der Waals surface area contributed by atoms with E-state index in [2.05, 4.69) is 40.1 Å². The maximum atomic E-state index is 5.29. The SMILES string of the molecule is NC(=S)Nc1cccc(I)c1. The first-order valence-corrected chi connectivity index (χ1v) is 4.49. The summed E-state index contributed by atoms with van der Waals surface area (Å²) in [4.78, 5) is 0. The molecule has 0 aliphatic carbocycles. The molecule has 0 spiro atoms. The molecular formula is C7H7IN2S. The fourth-order valence-corrected chi connectivity index (χ4v) is 1.37. The Balaban J connectivity index is 2.79. The largest absolute Gasteiger partial charge is 0.376 e. The molecule has 0 aromatic heterocycles. The number of rotatable bonds is 1. The maximum absolute atomic E-state index is 5.29. The number of hydrogen-bond acceptors (Lipinski definition) is 1. The standard InChI is InChI=1S/C7H7IN2S/c8-5-2-1-3-6(4-5)10-7(9)11/h1-4H,(H3,9,10,11). The topological polar surface area (TPSA) is 38.0 Å². The summed E-state index contributed by atoms with van der Waals surface area (Å²) >= 11 is 6.91. The first-order valence-electron chi connectivity index (χ1n) is 3.00. The van der Waals surface area contributed by atoms with E-state index in [1.165, 1.54) is 0 Å². The average molecular weight is 278 g/mol. The van der Waals surface area contributed by atoms with Crippen LogP contribution in [0, 0.1) is 3.57 Å². The molecule has 1 aromatic rings. The van der Waals surface area contributed by atoms with Crippen LogP contribution in [0.3, 0.4) is 0 Å². The Bertz CT molecular complexity index is 275. The van der Waals surface area contributed by atoms with Gasteiger partial charge in [-0.05, 0) is 53.0 Å². The van der Waals surface area contributed by atoms with Crippen molar-refractivity contribution < 1.29 is 0 Å². The zero-order chi connectivity index (χ0) is 8.27. The molecule has 11 heavy (non-hydrogen) atoms. The zero-order valence-corrected chi connectivity index (χ0v) is 8.65. The van der Waals surface area contributed by atoms with Gasteiger partial charge in [-0.2, -0.15) is 0 Å². The number of hydrogen-bond donors (Lipinski definition) is 2. The van der Waals surface area contributed by atoms with Gasteiger partial charge < -0.3 is 11.1 Å². The van der Waals surface area contributed by atoms with Crippen LogP contribution in [0.2, 0.25) is 0 Å². The van der Waals surface area contributed by atoms with Gasteiger partial charge in [0.25, 0.3) is 0 Å². The van der Waals surface area contributed by atoms with E-state index in [0.717, 1.165) is 9.26 Å². The molecular weight excluding hydrogens is 271 g/mol. The van der Waals surface area contributed by atoms with Gasteiger partial charge in [0.2, 0.25) is 0 Å². The molecule has 0 amide bonds. The van der Waals surface area contributed by atoms with Gasteiger partial charge in [-0.1, -0.05) is 6.07 Å².